The maximum atomic E-state index is 10.4. The first-order chi connectivity index (χ1) is 10.3. The molecule has 0 saturated carbocycles. The highest BCUT2D eigenvalue weighted by atomic mass is 16.3. The molecule has 1 aromatic heterocycles. The van der Waals surface area contributed by atoms with E-state index in [1.54, 1.807) is 24.4 Å². The second-order valence-electron chi connectivity index (χ2n) is 4.91. The van der Waals surface area contributed by atoms with E-state index in [-0.39, 0.29) is 0 Å². The molecule has 0 saturated heterocycles. The Morgan fingerprint density at radius 3 is 2.43 bits per heavy atom. The molecule has 3 aromatic rings. The van der Waals surface area contributed by atoms with Gasteiger partial charge < -0.3 is 5.11 Å². The van der Waals surface area contributed by atoms with Crippen LogP contribution in [-0.2, 0) is 0 Å². The Hall–Kier alpha value is -2.70. The number of aliphatic hydroxyl groups is 1. The van der Waals surface area contributed by atoms with Crippen molar-refractivity contribution in [2.45, 2.75) is 12.0 Å². The predicted octanol–water partition coefficient (Wildman–Crippen LogP) is 3.58. The molecule has 102 valence electrons. The van der Waals surface area contributed by atoms with Gasteiger partial charge in [-0.3, -0.25) is 4.98 Å². The van der Waals surface area contributed by atoms with Crippen molar-refractivity contribution >= 4 is 10.8 Å². The molecular weight excluding hydrogens is 260 g/mol. The van der Waals surface area contributed by atoms with Gasteiger partial charge in [0.15, 0.2) is 0 Å². The van der Waals surface area contributed by atoms with E-state index in [2.05, 4.69) is 11.1 Å². The summed E-state index contributed by atoms with van der Waals surface area (Å²) in [6.45, 7) is 0. The molecule has 2 unspecified atom stereocenters. The van der Waals surface area contributed by atoms with Crippen molar-refractivity contribution in [3.63, 3.8) is 0 Å². The lowest BCUT2D eigenvalue weighted by Gasteiger charge is -2.17. The van der Waals surface area contributed by atoms with Crippen LogP contribution in [0, 0.1) is 11.3 Å². The van der Waals surface area contributed by atoms with Crippen molar-refractivity contribution in [1.82, 2.24) is 4.98 Å². The molecule has 3 rings (SSSR count). The van der Waals surface area contributed by atoms with Crippen molar-refractivity contribution in [2.75, 3.05) is 0 Å². The standard InChI is InChI=1S/C18H14N2O/c19-12-16(18(21)17-7-3-4-10-20-17)15-9-8-13-5-1-2-6-14(13)11-15/h1-11,16,18,21H. The number of rotatable bonds is 3. The molecule has 0 aliphatic heterocycles. The largest absolute Gasteiger partial charge is 0.385 e. The van der Waals surface area contributed by atoms with Crippen LogP contribution in [-0.4, -0.2) is 10.1 Å². The lowest BCUT2D eigenvalue weighted by atomic mass is 9.91. The Labute approximate surface area is 123 Å². The van der Waals surface area contributed by atoms with E-state index < -0.39 is 12.0 Å². The first kappa shape index (κ1) is 13.3. The summed E-state index contributed by atoms with van der Waals surface area (Å²) >= 11 is 0. The van der Waals surface area contributed by atoms with Crippen LogP contribution in [0.2, 0.25) is 0 Å². The summed E-state index contributed by atoms with van der Waals surface area (Å²) in [5.41, 5.74) is 1.31. The van der Waals surface area contributed by atoms with Crippen LogP contribution in [0.25, 0.3) is 10.8 Å². The Balaban J connectivity index is 2.00. The average molecular weight is 274 g/mol. The third kappa shape index (κ3) is 2.62. The fourth-order valence-electron chi connectivity index (χ4n) is 2.45. The molecule has 0 aliphatic carbocycles. The number of nitriles is 1. The fraction of sp³-hybridized carbons (Fsp3) is 0.111. The molecule has 0 spiro atoms. The van der Waals surface area contributed by atoms with Gasteiger partial charge in [0.25, 0.3) is 0 Å². The molecule has 0 aliphatic rings. The van der Waals surface area contributed by atoms with Crippen molar-refractivity contribution in [3.05, 3.63) is 78.1 Å². The van der Waals surface area contributed by atoms with E-state index in [1.807, 2.05) is 42.5 Å². The average Bonchev–Trinajstić information content (AvgIpc) is 2.56. The predicted molar refractivity (Wildman–Crippen MR) is 81.5 cm³/mol. The second-order valence-corrected chi connectivity index (χ2v) is 4.91. The minimum atomic E-state index is -0.933. The van der Waals surface area contributed by atoms with E-state index in [0.29, 0.717) is 5.69 Å². The van der Waals surface area contributed by atoms with Crippen LogP contribution >= 0.6 is 0 Å². The first-order valence-corrected chi connectivity index (χ1v) is 6.77. The third-order valence-corrected chi connectivity index (χ3v) is 3.58. The Kier molecular flexibility index (Phi) is 3.63. The van der Waals surface area contributed by atoms with Gasteiger partial charge in [-0.15, -0.1) is 0 Å². The van der Waals surface area contributed by atoms with Gasteiger partial charge in [0.05, 0.1) is 11.8 Å². The third-order valence-electron chi connectivity index (χ3n) is 3.58. The molecule has 1 N–H and O–H groups in total. The van der Waals surface area contributed by atoms with Crippen LogP contribution in [0.1, 0.15) is 23.3 Å². The number of pyridine rings is 1. The van der Waals surface area contributed by atoms with Crippen molar-refractivity contribution in [1.29, 1.82) is 5.26 Å². The number of benzene rings is 2. The molecule has 3 heteroatoms. The topological polar surface area (TPSA) is 56.9 Å². The molecule has 0 bridgehead atoms. The summed E-state index contributed by atoms with van der Waals surface area (Å²) in [5, 5.41) is 22.0. The smallest absolute Gasteiger partial charge is 0.116 e. The minimum absolute atomic E-state index is 0.511. The summed E-state index contributed by atoms with van der Waals surface area (Å²) in [7, 11) is 0. The number of aromatic nitrogens is 1. The Morgan fingerprint density at radius 1 is 0.952 bits per heavy atom. The molecule has 0 fully saturated rings. The maximum absolute atomic E-state index is 10.4. The van der Waals surface area contributed by atoms with Gasteiger partial charge in [-0.25, -0.2) is 0 Å². The number of nitrogens with zero attached hydrogens (tertiary/aromatic N) is 2. The number of hydrogen-bond donors (Lipinski definition) is 1. The van der Waals surface area contributed by atoms with Crippen LogP contribution in [0.3, 0.4) is 0 Å². The van der Waals surface area contributed by atoms with Gasteiger partial charge in [-0.2, -0.15) is 5.26 Å². The summed E-state index contributed by atoms with van der Waals surface area (Å²) in [4.78, 5) is 4.13. The highest BCUT2D eigenvalue weighted by Crippen LogP contribution is 2.31. The van der Waals surface area contributed by atoms with Gasteiger partial charge in [-0.05, 0) is 34.5 Å². The van der Waals surface area contributed by atoms with Crippen molar-refractivity contribution < 1.29 is 5.11 Å². The van der Waals surface area contributed by atoms with Crippen LogP contribution in [0.15, 0.2) is 66.9 Å². The molecule has 2 aromatic carbocycles. The van der Waals surface area contributed by atoms with E-state index >= 15 is 0 Å². The lowest BCUT2D eigenvalue weighted by Crippen LogP contribution is -2.10. The Morgan fingerprint density at radius 2 is 1.71 bits per heavy atom. The lowest BCUT2D eigenvalue weighted by molar-refractivity contribution is 0.159. The molecule has 0 amide bonds. The van der Waals surface area contributed by atoms with Gasteiger partial charge in [-0.1, -0.05) is 42.5 Å². The summed E-state index contributed by atoms with van der Waals surface area (Å²) in [5.74, 6) is -0.635. The zero-order valence-electron chi connectivity index (χ0n) is 11.3. The van der Waals surface area contributed by atoms with Crippen LogP contribution in [0.5, 0.6) is 0 Å². The molecule has 2 atom stereocenters. The highest BCUT2D eigenvalue weighted by Gasteiger charge is 2.23. The van der Waals surface area contributed by atoms with E-state index in [9.17, 15) is 10.4 Å². The van der Waals surface area contributed by atoms with Gasteiger partial charge >= 0.3 is 0 Å². The van der Waals surface area contributed by atoms with Crippen molar-refractivity contribution in [2.24, 2.45) is 0 Å². The van der Waals surface area contributed by atoms with Crippen molar-refractivity contribution in [3.8, 4) is 6.07 Å². The van der Waals surface area contributed by atoms with Gasteiger partial charge in [0, 0.05) is 6.20 Å². The Bertz CT molecular complexity index is 793. The number of fused-ring (bicyclic) bond motifs is 1. The summed E-state index contributed by atoms with van der Waals surface area (Å²) in [6.07, 6.45) is 0.685. The molecular formula is C18H14N2O. The number of aliphatic hydroxyl groups excluding tert-OH is 1. The van der Waals surface area contributed by atoms with Crippen LogP contribution < -0.4 is 0 Å². The molecule has 3 nitrogen and oxygen atoms in total. The normalized spacial score (nSPS) is 13.5. The monoisotopic (exact) mass is 274 g/mol. The maximum Gasteiger partial charge on any atom is 0.116 e. The minimum Gasteiger partial charge on any atom is -0.385 e. The highest BCUT2D eigenvalue weighted by molar-refractivity contribution is 5.83. The van der Waals surface area contributed by atoms with E-state index in [1.165, 1.54) is 0 Å². The SMILES string of the molecule is N#CC(c1ccc2ccccc2c1)C(O)c1ccccn1. The van der Waals surface area contributed by atoms with Gasteiger partial charge in [0.1, 0.15) is 12.0 Å². The molecule has 1 heterocycles. The first-order valence-electron chi connectivity index (χ1n) is 6.77. The zero-order chi connectivity index (χ0) is 14.7. The summed E-state index contributed by atoms with van der Waals surface area (Å²) in [6, 6.07) is 21.3. The van der Waals surface area contributed by atoms with E-state index in [4.69, 9.17) is 0 Å². The molecule has 0 radical (unpaired) electrons. The van der Waals surface area contributed by atoms with E-state index in [0.717, 1.165) is 16.3 Å². The quantitative estimate of drug-likeness (QED) is 0.794. The number of hydrogen-bond acceptors (Lipinski definition) is 3. The summed E-state index contributed by atoms with van der Waals surface area (Å²) < 4.78 is 0. The zero-order valence-corrected chi connectivity index (χ0v) is 11.3. The van der Waals surface area contributed by atoms with Gasteiger partial charge in [0.2, 0.25) is 0 Å². The second kappa shape index (κ2) is 5.74. The fourth-order valence-corrected chi connectivity index (χ4v) is 2.45. The molecule has 21 heavy (non-hydrogen) atoms. The van der Waals surface area contributed by atoms with Crippen LogP contribution in [0.4, 0.5) is 0 Å².